The monoisotopic (exact) mass is 269 g/mol. The zero-order chi connectivity index (χ0) is 12.1. The molecule has 0 radical (unpaired) electrons. The van der Waals surface area contributed by atoms with Gasteiger partial charge in [0.15, 0.2) is 0 Å². The molecule has 0 bridgehead atoms. The molecule has 1 N–H and O–H groups in total. The molecule has 0 amide bonds. The topological polar surface area (TPSA) is 12.0 Å². The Kier molecular flexibility index (Phi) is 5.20. The average Bonchev–Trinajstić information content (AvgIpc) is 2.70. The summed E-state index contributed by atoms with van der Waals surface area (Å²) in [4.78, 5) is 0. The Hall–Kier alpha value is -0.180. The van der Waals surface area contributed by atoms with E-state index in [0.717, 1.165) is 24.4 Å². The van der Waals surface area contributed by atoms with Gasteiger partial charge in [0, 0.05) is 11.1 Å². The van der Waals surface area contributed by atoms with Crippen LogP contribution in [-0.4, -0.2) is 24.6 Å². The number of unbranched alkanes of at least 4 members (excludes halogenated alkanes) is 1. The van der Waals surface area contributed by atoms with Crippen LogP contribution in [0.4, 0.5) is 0 Å². The third-order valence-electron chi connectivity index (χ3n) is 3.31. The number of fused-ring (bicyclic) bond motifs is 1. The summed E-state index contributed by atoms with van der Waals surface area (Å²) in [6.45, 7) is 1.15. The third-order valence-corrected chi connectivity index (χ3v) is 4.24. The molecule has 0 aromatic heterocycles. The molecule has 1 nitrogen and oxygen atoms in total. The second-order valence-corrected chi connectivity index (χ2v) is 6.09. The molecule has 94 valence electrons. The first-order valence-corrected chi connectivity index (χ1v) is 8.06. The summed E-state index contributed by atoms with van der Waals surface area (Å²) < 4.78 is 0. The van der Waals surface area contributed by atoms with E-state index in [4.69, 9.17) is 11.6 Å². The van der Waals surface area contributed by atoms with Gasteiger partial charge in [-0.25, -0.2) is 0 Å². The molecule has 1 aromatic rings. The van der Waals surface area contributed by atoms with Crippen molar-refractivity contribution in [2.24, 2.45) is 0 Å². The second-order valence-electron chi connectivity index (χ2n) is 4.67. The maximum atomic E-state index is 6.01. The third kappa shape index (κ3) is 3.90. The summed E-state index contributed by atoms with van der Waals surface area (Å²) in [6.07, 6.45) is 7.08. The van der Waals surface area contributed by atoms with Gasteiger partial charge in [0.05, 0.1) is 0 Å². The van der Waals surface area contributed by atoms with Gasteiger partial charge in [-0.2, -0.15) is 11.8 Å². The minimum atomic E-state index is 0.623. The summed E-state index contributed by atoms with van der Waals surface area (Å²) in [5, 5.41) is 4.52. The number of rotatable bonds is 6. The Balaban J connectivity index is 1.73. The first-order chi connectivity index (χ1) is 8.29. The van der Waals surface area contributed by atoms with Gasteiger partial charge >= 0.3 is 0 Å². The fourth-order valence-electron chi connectivity index (χ4n) is 2.41. The van der Waals surface area contributed by atoms with Crippen molar-refractivity contribution in [1.82, 2.24) is 5.32 Å². The van der Waals surface area contributed by atoms with Crippen LogP contribution in [0.5, 0.6) is 0 Å². The molecule has 0 aliphatic heterocycles. The highest BCUT2D eigenvalue weighted by Crippen LogP contribution is 2.25. The first kappa shape index (κ1) is 13.3. The first-order valence-electron chi connectivity index (χ1n) is 6.29. The number of thioether (sulfide) groups is 1. The number of nitrogens with one attached hydrogen (secondary N) is 1. The number of hydrogen-bond donors (Lipinski definition) is 1. The predicted octanol–water partition coefficient (Wildman–Crippen LogP) is 3.54. The summed E-state index contributed by atoms with van der Waals surface area (Å²) in [6, 6.07) is 6.92. The van der Waals surface area contributed by atoms with E-state index < -0.39 is 0 Å². The summed E-state index contributed by atoms with van der Waals surface area (Å²) in [5.74, 6) is 1.28. The maximum Gasteiger partial charge on any atom is 0.0408 e. The molecule has 17 heavy (non-hydrogen) atoms. The Labute approximate surface area is 113 Å². The van der Waals surface area contributed by atoms with E-state index in [1.54, 1.807) is 0 Å². The van der Waals surface area contributed by atoms with Crippen LogP contribution in [0.1, 0.15) is 24.0 Å². The number of hydrogen-bond acceptors (Lipinski definition) is 2. The van der Waals surface area contributed by atoms with Crippen LogP contribution < -0.4 is 5.32 Å². The van der Waals surface area contributed by atoms with Crippen molar-refractivity contribution in [3.63, 3.8) is 0 Å². The SMILES string of the molecule is CSCCCCNC1Cc2ccc(Cl)cc2C1. The molecule has 1 aromatic carbocycles. The maximum absolute atomic E-state index is 6.01. The molecule has 0 spiro atoms. The van der Waals surface area contributed by atoms with Crippen molar-refractivity contribution >= 4 is 23.4 Å². The van der Waals surface area contributed by atoms with Crippen molar-refractivity contribution in [2.45, 2.75) is 31.7 Å². The van der Waals surface area contributed by atoms with Crippen LogP contribution >= 0.6 is 23.4 Å². The van der Waals surface area contributed by atoms with Gasteiger partial charge in [0.25, 0.3) is 0 Å². The van der Waals surface area contributed by atoms with Gasteiger partial charge in [-0.15, -0.1) is 0 Å². The summed E-state index contributed by atoms with van der Waals surface area (Å²) in [5.41, 5.74) is 2.90. The minimum absolute atomic E-state index is 0.623. The van der Waals surface area contributed by atoms with Gasteiger partial charge in [0.1, 0.15) is 0 Å². The predicted molar refractivity (Wildman–Crippen MR) is 78.3 cm³/mol. The van der Waals surface area contributed by atoms with Crippen molar-refractivity contribution in [3.05, 3.63) is 34.3 Å². The lowest BCUT2D eigenvalue weighted by Crippen LogP contribution is -2.30. The highest BCUT2D eigenvalue weighted by atomic mass is 35.5. The largest absolute Gasteiger partial charge is 0.313 e. The number of benzene rings is 1. The molecule has 1 atom stereocenters. The lowest BCUT2D eigenvalue weighted by molar-refractivity contribution is 0.521. The van der Waals surface area contributed by atoms with Crippen LogP contribution in [0.15, 0.2) is 18.2 Å². The van der Waals surface area contributed by atoms with Crippen molar-refractivity contribution in [3.8, 4) is 0 Å². The van der Waals surface area contributed by atoms with E-state index in [1.807, 2.05) is 17.8 Å². The molecule has 0 saturated carbocycles. The molecule has 0 fully saturated rings. The molecule has 1 unspecified atom stereocenters. The molecule has 0 heterocycles. The number of halogens is 1. The normalized spacial score (nSPS) is 18.4. The van der Waals surface area contributed by atoms with Gasteiger partial charge in [0.2, 0.25) is 0 Å². The fourth-order valence-corrected chi connectivity index (χ4v) is 3.10. The molecule has 1 aliphatic rings. The van der Waals surface area contributed by atoms with E-state index in [9.17, 15) is 0 Å². The second kappa shape index (κ2) is 6.67. The van der Waals surface area contributed by atoms with Crippen molar-refractivity contribution in [2.75, 3.05) is 18.6 Å². The van der Waals surface area contributed by atoms with E-state index in [1.165, 1.54) is 29.7 Å². The van der Waals surface area contributed by atoms with E-state index in [-0.39, 0.29) is 0 Å². The average molecular weight is 270 g/mol. The standard InChI is InChI=1S/C14H20ClNS/c1-17-7-3-2-6-16-14-9-11-4-5-13(15)8-12(11)10-14/h4-5,8,14,16H,2-3,6-7,9-10H2,1H3. The smallest absolute Gasteiger partial charge is 0.0408 e. The van der Waals surface area contributed by atoms with Crippen LogP contribution in [-0.2, 0) is 12.8 Å². The van der Waals surface area contributed by atoms with Gasteiger partial charge in [-0.3, -0.25) is 0 Å². The Bertz CT molecular complexity index is 367. The van der Waals surface area contributed by atoms with Crippen molar-refractivity contribution in [1.29, 1.82) is 0 Å². The Morgan fingerprint density at radius 2 is 2.12 bits per heavy atom. The highest BCUT2D eigenvalue weighted by Gasteiger charge is 2.20. The Morgan fingerprint density at radius 3 is 2.94 bits per heavy atom. The molecule has 1 aliphatic carbocycles. The van der Waals surface area contributed by atoms with Gasteiger partial charge in [-0.1, -0.05) is 17.7 Å². The van der Waals surface area contributed by atoms with Gasteiger partial charge in [-0.05, 0) is 67.5 Å². The van der Waals surface area contributed by atoms with E-state index in [0.29, 0.717) is 6.04 Å². The molecule has 0 saturated heterocycles. The van der Waals surface area contributed by atoms with Crippen molar-refractivity contribution < 1.29 is 0 Å². The van der Waals surface area contributed by atoms with Gasteiger partial charge < -0.3 is 5.32 Å². The Morgan fingerprint density at radius 1 is 1.29 bits per heavy atom. The molecular formula is C14H20ClNS. The van der Waals surface area contributed by atoms with Crippen LogP contribution in [0, 0.1) is 0 Å². The lowest BCUT2D eigenvalue weighted by Gasteiger charge is -2.11. The van der Waals surface area contributed by atoms with E-state index in [2.05, 4.69) is 23.7 Å². The van der Waals surface area contributed by atoms with Crippen LogP contribution in [0.25, 0.3) is 0 Å². The quantitative estimate of drug-likeness (QED) is 0.793. The fraction of sp³-hybridized carbons (Fsp3) is 0.571. The van der Waals surface area contributed by atoms with Crippen LogP contribution in [0.2, 0.25) is 5.02 Å². The summed E-state index contributed by atoms with van der Waals surface area (Å²) >= 11 is 7.94. The van der Waals surface area contributed by atoms with E-state index >= 15 is 0 Å². The molecule has 3 heteroatoms. The summed E-state index contributed by atoms with van der Waals surface area (Å²) in [7, 11) is 0. The minimum Gasteiger partial charge on any atom is -0.313 e. The zero-order valence-electron chi connectivity index (χ0n) is 10.3. The molecular weight excluding hydrogens is 250 g/mol. The molecule has 2 rings (SSSR count). The highest BCUT2D eigenvalue weighted by molar-refractivity contribution is 7.98. The van der Waals surface area contributed by atoms with Crippen LogP contribution in [0.3, 0.4) is 0 Å². The lowest BCUT2D eigenvalue weighted by atomic mass is 10.1. The zero-order valence-corrected chi connectivity index (χ0v) is 11.9.